The van der Waals surface area contributed by atoms with Crippen LogP contribution in [-0.4, -0.2) is 85.2 Å². The van der Waals surface area contributed by atoms with Crippen LogP contribution < -0.4 is 24.8 Å². The van der Waals surface area contributed by atoms with Crippen molar-refractivity contribution in [2.75, 3.05) is 20.2 Å². The van der Waals surface area contributed by atoms with Crippen LogP contribution in [0, 0.1) is 11.8 Å². The third kappa shape index (κ3) is 8.48. The molecular weight excluding hydrogens is 755 g/mol. The number of hydrogen-bond donors (Lipinski definition) is 3. The highest BCUT2D eigenvalue weighted by Gasteiger charge is 2.62. The molecule has 5 atom stereocenters. The Bertz CT molecular complexity index is 2140. The van der Waals surface area contributed by atoms with Gasteiger partial charge in [-0.25, -0.2) is 13.4 Å². The maximum atomic E-state index is 15.0. The Labute approximate surface area is 342 Å². The van der Waals surface area contributed by atoms with E-state index in [1.165, 1.54) is 0 Å². The van der Waals surface area contributed by atoms with Gasteiger partial charge in [-0.2, -0.15) is 0 Å². The van der Waals surface area contributed by atoms with E-state index in [2.05, 4.69) is 28.0 Å². The summed E-state index contributed by atoms with van der Waals surface area (Å²) in [5.74, 6) is -0.339. The van der Waals surface area contributed by atoms with Gasteiger partial charge in [0.25, 0.3) is 5.91 Å². The van der Waals surface area contributed by atoms with Crippen LogP contribution >= 0.6 is 0 Å². The van der Waals surface area contributed by atoms with Crippen molar-refractivity contribution >= 4 is 38.6 Å². The summed E-state index contributed by atoms with van der Waals surface area (Å²) in [4.78, 5) is 50.0. The summed E-state index contributed by atoms with van der Waals surface area (Å²) < 4.78 is 40.8. The lowest BCUT2D eigenvalue weighted by Crippen LogP contribution is -2.59. The standard InChI is InChI=1S/C45H57N5O7S/c1-3-32-27-45(32,44(53)49-58(54,55)34-20-21-34)48-42(51)38-24-33-28-50(38)43(52)41(30-17-12-8-13-18-30)46-22-14-6-4-5-9-19-31-23-35-37(26-39(31)56-2)47-36(25-40(35)57-33)29-15-10-7-11-16-29/h3,7,10-11,15-16,23,25-26,30,32-34,38,41,46H,1,4-6,8-9,12-14,17-22,24,27-28H2,2H3,(H,48,51)(H,49,53)/t32-,33-,38-,41+,45-/m1/s1. The lowest BCUT2D eigenvalue weighted by atomic mass is 9.83. The number of ether oxygens (including phenoxy) is 2. The highest BCUT2D eigenvalue weighted by Crippen LogP contribution is 2.46. The molecule has 4 fully saturated rings. The van der Waals surface area contributed by atoms with Crippen molar-refractivity contribution in [3.63, 3.8) is 0 Å². The Morgan fingerprint density at radius 2 is 1.74 bits per heavy atom. The molecule has 2 aromatic carbocycles. The van der Waals surface area contributed by atoms with Gasteiger partial charge in [0, 0.05) is 35.4 Å². The Hall–Kier alpha value is -4.49. The number of aromatic nitrogens is 1. The van der Waals surface area contributed by atoms with Crippen molar-refractivity contribution in [3.8, 4) is 22.8 Å². The molecule has 5 aliphatic rings. The number of benzene rings is 2. The number of pyridine rings is 1. The lowest BCUT2D eigenvalue weighted by Gasteiger charge is -2.35. The topological polar surface area (TPSA) is 156 Å². The average molecular weight is 812 g/mol. The maximum absolute atomic E-state index is 15.0. The first-order chi connectivity index (χ1) is 28.1. The molecule has 2 aliphatic heterocycles. The minimum Gasteiger partial charge on any atom is -0.496 e. The van der Waals surface area contributed by atoms with E-state index in [-0.39, 0.29) is 31.2 Å². The molecule has 0 radical (unpaired) electrons. The van der Waals surface area contributed by atoms with Crippen LogP contribution in [-0.2, 0) is 30.8 Å². The van der Waals surface area contributed by atoms with Crippen LogP contribution in [0.1, 0.15) is 95.5 Å². The summed E-state index contributed by atoms with van der Waals surface area (Å²) in [7, 11) is -2.17. The largest absolute Gasteiger partial charge is 0.496 e. The normalized spacial score (nSPS) is 27.3. The van der Waals surface area contributed by atoms with E-state index < -0.39 is 56.7 Å². The molecule has 4 bridgehead atoms. The van der Waals surface area contributed by atoms with E-state index >= 15 is 0 Å². The highest BCUT2D eigenvalue weighted by molar-refractivity contribution is 7.91. The number of fused-ring (bicyclic) bond motifs is 3. The van der Waals surface area contributed by atoms with Crippen molar-refractivity contribution < 1.29 is 32.3 Å². The number of rotatable bonds is 9. The van der Waals surface area contributed by atoms with E-state index in [0.29, 0.717) is 30.7 Å². The average Bonchev–Trinajstić information content (AvgIpc) is 4.17. The molecule has 3 aliphatic carbocycles. The van der Waals surface area contributed by atoms with Gasteiger partial charge >= 0.3 is 0 Å². The molecular formula is C45H57N5O7S. The molecule has 0 spiro atoms. The number of carbonyl (C=O) groups excluding carboxylic acids is 3. The van der Waals surface area contributed by atoms with E-state index in [1.54, 1.807) is 18.1 Å². The zero-order valence-electron chi connectivity index (χ0n) is 33.5. The Balaban J connectivity index is 1.16. The molecule has 310 valence electrons. The van der Waals surface area contributed by atoms with Gasteiger partial charge in [0.15, 0.2) is 0 Å². The number of amides is 3. The van der Waals surface area contributed by atoms with Crippen molar-refractivity contribution in [1.82, 2.24) is 25.2 Å². The van der Waals surface area contributed by atoms with Gasteiger partial charge < -0.3 is 25.0 Å². The van der Waals surface area contributed by atoms with E-state index in [9.17, 15) is 22.8 Å². The summed E-state index contributed by atoms with van der Waals surface area (Å²) in [6.45, 7) is 4.72. The van der Waals surface area contributed by atoms with Gasteiger partial charge in [0.05, 0.1) is 36.2 Å². The third-order valence-corrected chi connectivity index (χ3v) is 14.8. The zero-order chi connectivity index (χ0) is 40.4. The van der Waals surface area contributed by atoms with Gasteiger partial charge in [-0.05, 0) is 75.5 Å². The Kier molecular flexibility index (Phi) is 11.8. The number of carbonyl (C=O) groups is 3. The second-order valence-electron chi connectivity index (χ2n) is 17.1. The summed E-state index contributed by atoms with van der Waals surface area (Å²) in [6.07, 6.45) is 13.5. The molecule has 3 saturated carbocycles. The molecule has 1 saturated heterocycles. The molecule has 8 rings (SSSR count). The molecule has 3 heterocycles. The highest BCUT2D eigenvalue weighted by atomic mass is 32.2. The number of nitrogens with one attached hydrogen (secondary N) is 3. The molecule has 3 amide bonds. The SMILES string of the molecule is C=C[C@@H]1C[C@]1(NC(=O)[C@H]1C[C@@H]2CN1C(=O)[C@H](C1CCCCC1)NCCCCCCCc1cc3c(cc(-c4ccccc4)nc3cc1OC)O2)C(=O)NS(=O)(=O)C1CC1. The van der Waals surface area contributed by atoms with Gasteiger partial charge in [-0.3, -0.25) is 19.1 Å². The number of hydrogen-bond acceptors (Lipinski definition) is 9. The number of sulfonamides is 1. The molecule has 12 nitrogen and oxygen atoms in total. The van der Waals surface area contributed by atoms with Crippen LogP contribution in [0.25, 0.3) is 22.2 Å². The van der Waals surface area contributed by atoms with Crippen molar-refractivity contribution in [1.29, 1.82) is 0 Å². The monoisotopic (exact) mass is 811 g/mol. The fourth-order valence-electron chi connectivity index (χ4n) is 9.41. The Morgan fingerprint density at radius 3 is 2.47 bits per heavy atom. The fourth-order valence-corrected chi connectivity index (χ4v) is 10.8. The predicted molar refractivity (Wildman–Crippen MR) is 223 cm³/mol. The molecule has 58 heavy (non-hydrogen) atoms. The zero-order valence-corrected chi connectivity index (χ0v) is 34.4. The minimum atomic E-state index is -3.86. The Morgan fingerprint density at radius 1 is 1.00 bits per heavy atom. The van der Waals surface area contributed by atoms with Crippen molar-refractivity contribution in [3.05, 3.63) is 66.7 Å². The van der Waals surface area contributed by atoms with Gasteiger partial charge in [-0.1, -0.05) is 74.9 Å². The van der Waals surface area contributed by atoms with Crippen molar-refractivity contribution in [2.24, 2.45) is 11.8 Å². The summed E-state index contributed by atoms with van der Waals surface area (Å²) in [5, 5.41) is 6.83. The number of nitrogens with zero attached hydrogens (tertiary/aromatic N) is 2. The third-order valence-electron chi connectivity index (χ3n) is 13.0. The first-order valence-corrected chi connectivity index (χ1v) is 22.9. The predicted octanol–water partition coefficient (Wildman–Crippen LogP) is 5.97. The lowest BCUT2D eigenvalue weighted by molar-refractivity contribution is -0.142. The van der Waals surface area contributed by atoms with Crippen LogP contribution in [0.2, 0.25) is 0 Å². The first-order valence-electron chi connectivity index (χ1n) is 21.4. The van der Waals surface area contributed by atoms with Crippen LogP contribution in [0.4, 0.5) is 0 Å². The number of aryl methyl sites for hydroxylation is 1. The van der Waals surface area contributed by atoms with Gasteiger partial charge in [0.1, 0.15) is 29.2 Å². The van der Waals surface area contributed by atoms with Crippen LogP contribution in [0.3, 0.4) is 0 Å². The second-order valence-corrected chi connectivity index (χ2v) is 19.0. The fraction of sp³-hybridized carbons (Fsp3) is 0.556. The van der Waals surface area contributed by atoms with Crippen LogP contribution in [0.5, 0.6) is 11.5 Å². The molecule has 3 N–H and O–H groups in total. The minimum absolute atomic E-state index is 0.137. The van der Waals surface area contributed by atoms with E-state index in [4.69, 9.17) is 14.5 Å². The summed E-state index contributed by atoms with van der Waals surface area (Å²) in [5.41, 5.74) is 1.96. The molecule has 3 aromatic rings. The smallest absolute Gasteiger partial charge is 0.259 e. The quantitative estimate of drug-likeness (QED) is 0.222. The molecule has 1 aromatic heterocycles. The van der Waals surface area contributed by atoms with Gasteiger partial charge in [-0.15, -0.1) is 6.58 Å². The van der Waals surface area contributed by atoms with Crippen LogP contribution in [0.15, 0.2) is 61.2 Å². The molecule has 0 unspecified atom stereocenters. The maximum Gasteiger partial charge on any atom is 0.259 e. The second kappa shape index (κ2) is 17.0. The molecule has 13 heteroatoms. The van der Waals surface area contributed by atoms with E-state index in [1.807, 2.05) is 42.5 Å². The van der Waals surface area contributed by atoms with Gasteiger partial charge in [0.2, 0.25) is 21.8 Å². The van der Waals surface area contributed by atoms with E-state index in [0.717, 1.165) is 98.6 Å². The summed E-state index contributed by atoms with van der Waals surface area (Å²) in [6, 6.07) is 14.5. The first kappa shape index (κ1) is 40.3. The summed E-state index contributed by atoms with van der Waals surface area (Å²) >= 11 is 0. The number of methoxy groups -OCH3 is 1. The van der Waals surface area contributed by atoms with Crippen molar-refractivity contribution in [2.45, 2.75) is 125 Å².